The smallest absolute Gasteiger partial charge is 0.308 e. The summed E-state index contributed by atoms with van der Waals surface area (Å²) in [7, 11) is 0. The molecule has 3 heteroatoms. The van der Waals surface area contributed by atoms with E-state index in [0.29, 0.717) is 6.54 Å². The number of carboxylic acid groups (broad SMARTS) is 1. The molecule has 4 saturated carbocycles. The molecule has 0 aromatic carbocycles. The molecule has 4 aliphatic carbocycles. The lowest BCUT2D eigenvalue weighted by atomic mass is 9.46. The van der Waals surface area contributed by atoms with E-state index in [1.807, 2.05) is 0 Å². The molecule has 4 aliphatic rings. The number of carboxylic acids is 1. The van der Waals surface area contributed by atoms with Crippen molar-refractivity contribution in [2.24, 2.45) is 34.8 Å². The summed E-state index contributed by atoms with van der Waals surface area (Å²) in [4.78, 5) is 11.4. The van der Waals surface area contributed by atoms with Gasteiger partial charge in [0.1, 0.15) is 0 Å². The normalized spacial score (nSPS) is 46.9. The van der Waals surface area contributed by atoms with Gasteiger partial charge >= 0.3 is 5.97 Å². The molecular formula is C13H21NO2. The molecule has 3 N–H and O–H groups in total. The summed E-state index contributed by atoms with van der Waals surface area (Å²) in [6.45, 7) is 0.321. The summed E-state index contributed by atoms with van der Waals surface area (Å²) in [5.41, 5.74) is 5.78. The van der Waals surface area contributed by atoms with E-state index in [2.05, 4.69) is 0 Å². The van der Waals surface area contributed by atoms with Gasteiger partial charge in [-0.15, -0.1) is 0 Å². The molecule has 0 heterocycles. The molecule has 1 atom stereocenters. The lowest BCUT2D eigenvalue weighted by Gasteiger charge is -2.58. The number of hydrogen-bond acceptors (Lipinski definition) is 2. The van der Waals surface area contributed by atoms with Gasteiger partial charge in [-0.2, -0.15) is 0 Å². The molecule has 0 aromatic rings. The van der Waals surface area contributed by atoms with Crippen molar-refractivity contribution in [1.29, 1.82) is 0 Å². The molecule has 1 unspecified atom stereocenters. The molecule has 16 heavy (non-hydrogen) atoms. The summed E-state index contributed by atoms with van der Waals surface area (Å²) < 4.78 is 0. The second-order valence-electron chi connectivity index (χ2n) is 6.41. The van der Waals surface area contributed by atoms with Crippen LogP contribution < -0.4 is 5.73 Å². The summed E-state index contributed by atoms with van der Waals surface area (Å²) in [6, 6.07) is 0. The van der Waals surface area contributed by atoms with E-state index in [1.54, 1.807) is 0 Å². The fourth-order valence-corrected chi connectivity index (χ4v) is 5.22. The summed E-state index contributed by atoms with van der Waals surface area (Å²) in [5.74, 6) is 1.46. The first kappa shape index (κ1) is 10.6. The maximum absolute atomic E-state index is 11.4. The molecule has 0 aromatic heterocycles. The van der Waals surface area contributed by atoms with Gasteiger partial charge in [0.05, 0.1) is 5.92 Å². The second-order valence-corrected chi connectivity index (χ2v) is 6.41. The standard InChI is InChI=1S/C13H21NO2/c14-7-11(12(15)16)13-4-8-1-9(5-13)3-10(2-8)6-13/h8-11H,1-7,14H2,(H,15,16). The van der Waals surface area contributed by atoms with Crippen molar-refractivity contribution in [3.05, 3.63) is 0 Å². The Balaban J connectivity index is 1.90. The minimum absolute atomic E-state index is 0.0648. The fraction of sp³-hybridized carbons (Fsp3) is 0.923. The number of hydrogen-bond donors (Lipinski definition) is 2. The van der Waals surface area contributed by atoms with Crippen molar-refractivity contribution in [3.63, 3.8) is 0 Å². The Morgan fingerprint density at radius 3 is 1.94 bits per heavy atom. The van der Waals surface area contributed by atoms with Crippen LogP contribution in [0.4, 0.5) is 0 Å². The van der Waals surface area contributed by atoms with Crippen molar-refractivity contribution in [2.75, 3.05) is 6.54 Å². The molecule has 4 rings (SSSR count). The Labute approximate surface area is 96.4 Å². The van der Waals surface area contributed by atoms with E-state index < -0.39 is 5.97 Å². The molecule has 90 valence electrons. The van der Waals surface area contributed by atoms with Crippen LogP contribution in [0.2, 0.25) is 0 Å². The van der Waals surface area contributed by atoms with Crippen LogP contribution in [0.3, 0.4) is 0 Å². The SMILES string of the molecule is NCC(C(=O)O)C12CC3CC(CC(C3)C1)C2. The van der Waals surface area contributed by atoms with Crippen molar-refractivity contribution in [1.82, 2.24) is 0 Å². The third kappa shape index (κ3) is 1.41. The Morgan fingerprint density at radius 1 is 1.19 bits per heavy atom. The predicted octanol–water partition coefficient (Wildman–Crippen LogP) is 1.86. The van der Waals surface area contributed by atoms with E-state index in [9.17, 15) is 9.90 Å². The maximum atomic E-state index is 11.4. The molecule has 0 saturated heterocycles. The number of aliphatic carboxylic acids is 1. The molecule has 0 aliphatic heterocycles. The number of carbonyl (C=O) groups is 1. The van der Waals surface area contributed by atoms with Crippen LogP contribution in [0.5, 0.6) is 0 Å². The first-order valence-electron chi connectivity index (χ1n) is 6.56. The van der Waals surface area contributed by atoms with Crippen LogP contribution in [0.25, 0.3) is 0 Å². The van der Waals surface area contributed by atoms with Crippen molar-refractivity contribution in [3.8, 4) is 0 Å². The van der Waals surface area contributed by atoms with Crippen molar-refractivity contribution in [2.45, 2.75) is 38.5 Å². The highest BCUT2D eigenvalue weighted by Gasteiger charge is 2.55. The zero-order chi connectivity index (χ0) is 11.3. The van der Waals surface area contributed by atoms with Crippen LogP contribution in [0.15, 0.2) is 0 Å². The van der Waals surface area contributed by atoms with E-state index in [-0.39, 0.29) is 11.3 Å². The molecule has 3 nitrogen and oxygen atoms in total. The quantitative estimate of drug-likeness (QED) is 0.767. The Morgan fingerprint density at radius 2 is 1.62 bits per heavy atom. The van der Waals surface area contributed by atoms with Gasteiger partial charge in [-0.05, 0) is 61.7 Å². The zero-order valence-electron chi connectivity index (χ0n) is 9.69. The molecule has 4 bridgehead atoms. The Hall–Kier alpha value is -0.570. The van der Waals surface area contributed by atoms with Crippen LogP contribution in [-0.4, -0.2) is 17.6 Å². The monoisotopic (exact) mass is 223 g/mol. The van der Waals surface area contributed by atoms with Gasteiger partial charge in [-0.25, -0.2) is 0 Å². The van der Waals surface area contributed by atoms with Gasteiger partial charge in [0.15, 0.2) is 0 Å². The maximum Gasteiger partial charge on any atom is 0.308 e. The largest absolute Gasteiger partial charge is 0.481 e. The predicted molar refractivity (Wildman–Crippen MR) is 60.8 cm³/mol. The summed E-state index contributed by atoms with van der Waals surface area (Å²) in [5, 5.41) is 9.35. The number of rotatable bonds is 3. The van der Waals surface area contributed by atoms with E-state index in [1.165, 1.54) is 19.3 Å². The second kappa shape index (κ2) is 3.46. The van der Waals surface area contributed by atoms with E-state index >= 15 is 0 Å². The Kier molecular flexibility index (Phi) is 2.29. The van der Waals surface area contributed by atoms with E-state index in [0.717, 1.165) is 37.0 Å². The lowest BCUT2D eigenvalue weighted by molar-refractivity contribution is -0.156. The highest BCUT2D eigenvalue weighted by Crippen LogP contribution is 2.62. The highest BCUT2D eigenvalue weighted by atomic mass is 16.4. The molecule has 0 amide bonds. The average molecular weight is 223 g/mol. The Bertz CT molecular complexity index is 278. The highest BCUT2D eigenvalue weighted by molar-refractivity contribution is 5.71. The topological polar surface area (TPSA) is 63.3 Å². The van der Waals surface area contributed by atoms with Crippen LogP contribution in [-0.2, 0) is 4.79 Å². The molecular weight excluding hydrogens is 202 g/mol. The molecule has 0 spiro atoms. The summed E-state index contributed by atoms with van der Waals surface area (Å²) in [6.07, 6.45) is 7.47. The molecule has 0 radical (unpaired) electrons. The molecule has 4 fully saturated rings. The van der Waals surface area contributed by atoms with Crippen molar-refractivity contribution >= 4 is 5.97 Å². The minimum atomic E-state index is -0.663. The third-order valence-corrected chi connectivity index (χ3v) is 5.36. The zero-order valence-corrected chi connectivity index (χ0v) is 9.69. The van der Waals surface area contributed by atoms with Gasteiger partial charge in [0.2, 0.25) is 0 Å². The van der Waals surface area contributed by atoms with Crippen molar-refractivity contribution < 1.29 is 9.90 Å². The first-order chi connectivity index (χ1) is 7.63. The van der Waals surface area contributed by atoms with Gasteiger partial charge in [-0.3, -0.25) is 4.79 Å². The summed E-state index contributed by atoms with van der Waals surface area (Å²) >= 11 is 0. The van der Waals surface area contributed by atoms with Gasteiger partial charge in [0.25, 0.3) is 0 Å². The number of nitrogens with two attached hydrogens (primary N) is 1. The fourth-order valence-electron chi connectivity index (χ4n) is 5.22. The first-order valence-corrected chi connectivity index (χ1v) is 6.56. The third-order valence-electron chi connectivity index (χ3n) is 5.36. The minimum Gasteiger partial charge on any atom is -0.481 e. The van der Waals surface area contributed by atoms with Crippen LogP contribution >= 0.6 is 0 Å². The lowest BCUT2D eigenvalue weighted by Crippen LogP contribution is -2.53. The van der Waals surface area contributed by atoms with Gasteiger partial charge in [0, 0.05) is 6.54 Å². The van der Waals surface area contributed by atoms with Gasteiger partial charge in [-0.1, -0.05) is 0 Å². The van der Waals surface area contributed by atoms with Crippen LogP contribution in [0, 0.1) is 29.1 Å². The van der Waals surface area contributed by atoms with E-state index in [4.69, 9.17) is 5.73 Å². The van der Waals surface area contributed by atoms with Crippen LogP contribution in [0.1, 0.15) is 38.5 Å². The van der Waals surface area contributed by atoms with Gasteiger partial charge < -0.3 is 10.8 Å². The average Bonchev–Trinajstić information content (AvgIpc) is 2.14.